The number of aromatic nitrogens is 1. The number of thiazole rings is 1. The minimum atomic E-state index is -0.719. The Labute approximate surface area is 244 Å². The molecule has 41 heavy (non-hydrogen) atoms. The molecule has 0 saturated heterocycles. The lowest BCUT2D eigenvalue weighted by Crippen LogP contribution is -2.32. The van der Waals surface area contributed by atoms with Gasteiger partial charge in [-0.2, -0.15) is 0 Å². The molecule has 2 heterocycles. The fourth-order valence-electron chi connectivity index (χ4n) is 4.00. The third-order valence-corrected chi connectivity index (χ3v) is 7.03. The number of rotatable bonds is 8. The number of amides is 3. The van der Waals surface area contributed by atoms with Crippen molar-refractivity contribution >= 4 is 63.1 Å². The molecule has 0 fully saturated rings. The summed E-state index contributed by atoms with van der Waals surface area (Å²) in [6.45, 7) is 3.47. The number of nitrogens with one attached hydrogen (secondary N) is 2. The van der Waals surface area contributed by atoms with Crippen molar-refractivity contribution in [3.8, 4) is 11.3 Å². The largest absolute Gasteiger partial charge is 0.459 e. The van der Waals surface area contributed by atoms with E-state index in [1.165, 1.54) is 41.7 Å². The molecule has 1 aromatic heterocycles. The molecule has 4 aromatic rings. The smallest absolute Gasteiger partial charge is 0.338 e. The van der Waals surface area contributed by atoms with Gasteiger partial charge < -0.3 is 10.1 Å². The Bertz CT molecular complexity index is 1680. The zero-order chi connectivity index (χ0) is 29.1. The molecule has 0 aliphatic carbocycles. The molecule has 0 bridgehead atoms. The molecule has 1 aliphatic rings. The fraction of sp³-hybridized carbons (Fsp3) is 0.100. The SMILES string of the molecule is CC(C)OC(=O)c1ccc(N2C(=O)C(Cl)=C(Nc3cccc(C(=O)Nc4nc(-c5ccccc5)cs4)c3)C2=O)cc1. The number of hydrogen-bond donors (Lipinski definition) is 2. The number of hydrogen-bond acceptors (Lipinski definition) is 8. The Kier molecular flexibility index (Phi) is 7.95. The van der Waals surface area contributed by atoms with E-state index in [9.17, 15) is 19.2 Å². The van der Waals surface area contributed by atoms with Gasteiger partial charge in [0.25, 0.3) is 17.7 Å². The molecular formula is C30H23ClN4O5S. The molecule has 5 rings (SSSR count). The van der Waals surface area contributed by atoms with Crippen LogP contribution in [0.2, 0.25) is 0 Å². The first kappa shape index (κ1) is 27.8. The molecule has 9 nitrogen and oxygen atoms in total. The van der Waals surface area contributed by atoms with Crippen molar-refractivity contribution in [3.05, 3.63) is 106 Å². The van der Waals surface area contributed by atoms with Crippen molar-refractivity contribution in [2.75, 3.05) is 15.5 Å². The van der Waals surface area contributed by atoms with E-state index in [4.69, 9.17) is 16.3 Å². The monoisotopic (exact) mass is 586 g/mol. The molecule has 206 valence electrons. The second-order valence-electron chi connectivity index (χ2n) is 9.20. The highest BCUT2D eigenvalue weighted by Crippen LogP contribution is 2.31. The molecule has 0 saturated carbocycles. The van der Waals surface area contributed by atoms with Crippen LogP contribution >= 0.6 is 22.9 Å². The van der Waals surface area contributed by atoms with Gasteiger partial charge >= 0.3 is 5.97 Å². The van der Waals surface area contributed by atoms with Crippen molar-refractivity contribution in [3.63, 3.8) is 0 Å². The summed E-state index contributed by atoms with van der Waals surface area (Å²) in [6.07, 6.45) is -0.287. The highest BCUT2D eigenvalue weighted by Gasteiger charge is 2.39. The summed E-state index contributed by atoms with van der Waals surface area (Å²) in [5, 5.41) is 7.66. The normalized spacial score (nSPS) is 13.1. The van der Waals surface area contributed by atoms with Gasteiger partial charge in [-0.15, -0.1) is 11.3 Å². The number of benzene rings is 3. The zero-order valence-corrected chi connectivity index (χ0v) is 23.5. The van der Waals surface area contributed by atoms with Crippen LogP contribution in [-0.2, 0) is 14.3 Å². The minimum absolute atomic E-state index is 0.134. The Balaban J connectivity index is 1.28. The minimum Gasteiger partial charge on any atom is -0.459 e. The summed E-state index contributed by atoms with van der Waals surface area (Å²) in [5.41, 5.74) is 2.76. The quantitative estimate of drug-likeness (QED) is 0.190. The predicted octanol–water partition coefficient (Wildman–Crippen LogP) is 6.06. The van der Waals surface area contributed by atoms with Crippen LogP contribution in [-0.4, -0.2) is 34.8 Å². The van der Waals surface area contributed by atoms with E-state index < -0.39 is 23.7 Å². The summed E-state index contributed by atoms with van der Waals surface area (Å²) in [5.74, 6) is -2.30. The average Bonchev–Trinajstić information content (AvgIpc) is 3.52. The van der Waals surface area contributed by atoms with E-state index in [1.807, 2.05) is 35.7 Å². The fourth-order valence-corrected chi connectivity index (χ4v) is 4.93. The van der Waals surface area contributed by atoms with Crippen LogP contribution in [0.4, 0.5) is 16.5 Å². The number of anilines is 3. The van der Waals surface area contributed by atoms with E-state index in [-0.39, 0.29) is 28.1 Å². The van der Waals surface area contributed by atoms with Gasteiger partial charge in [-0.1, -0.05) is 48.0 Å². The first-order valence-electron chi connectivity index (χ1n) is 12.5. The van der Waals surface area contributed by atoms with Gasteiger partial charge in [-0.05, 0) is 56.3 Å². The molecular weight excluding hydrogens is 564 g/mol. The molecule has 11 heteroatoms. The number of carbonyl (C=O) groups is 4. The number of esters is 1. The topological polar surface area (TPSA) is 118 Å². The lowest BCUT2D eigenvalue weighted by Gasteiger charge is -2.16. The zero-order valence-electron chi connectivity index (χ0n) is 21.9. The van der Waals surface area contributed by atoms with E-state index in [0.717, 1.165) is 16.2 Å². The van der Waals surface area contributed by atoms with Gasteiger partial charge in [-0.25, -0.2) is 14.7 Å². The van der Waals surface area contributed by atoms with Gasteiger partial charge in [0.15, 0.2) is 5.13 Å². The maximum absolute atomic E-state index is 13.2. The van der Waals surface area contributed by atoms with Gasteiger partial charge in [0.1, 0.15) is 10.7 Å². The number of nitrogens with zero attached hydrogens (tertiary/aromatic N) is 2. The number of halogens is 1. The molecule has 2 N–H and O–H groups in total. The predicted molar refractivity (Wildman–Crippen MR) is 158 cm³/mol. The Morgan fingerprint density at radius 1 is 0.927 bits per heavy atom. The lowest BCUT2D eigenvalue weighted by atomic mass is 10.2. The average molecular weight is 587 g/mol. The maximum Gasteiger partial charge on any atom is 0.338 e. The van der Waals surface area contributed by atoms with Crippen LogP contribution < -0.4 is 15.5 Å². The van der Waals surface area contributed by atoms with Gasteiger partial charge in [0.2, 0.25) is 0 Å². The highest BCUT2D eigenvalue weighted by molar-refractivity contribution is 7.14. The van der Waals surface area contributed by atoms with Gasteiger partial charge in [0.05, 0.1) is 23.0 Å². The van der Waals surface area contributed by atoms with Crippen LogP contribution in [0.25, 0.3) is 11.3 Å². The molecule has 0 unspecified atom stereocenters. The van der Waals surface area contributed by atoms with Crippen LogP contribution in [0, 0.1) is 0 Å². The number of imide groups is 1. The second kappa shape index (κ2) is 11.7. The molecule has 3 aromatic carbocycles. The van der Waals surface area contributed by atoms with Crippen LogP contribution in [0.3, 0.4) is 0 Å². The van der Waals surface area contributed by atoms with Crippen molar-refractivity contribution in [1.29, 1.82) is 0 Å². The molecule has 1 aliphatic heterocycles. The van der Waals surface area contributed by atoms with Crippen LogP contribution in [0.5, 0.6) is 0 Å². The molecule has 0 atom stereocenters. The van der Waals surface area contributed by atoms with Crippen molar-refractivity contribution in [2.24, 2.45) is 0 Å². The summed E-state index contributed by atoms with van der Waals surface area (Å²) in [6, 6.07) is 21.9. The summed E-state index contributed by atoms with van der Waals surface area (Å²) >= 11 is 7.57. The van der Waals surface area contributed by atoms with Crippen molar-refractivity contribution < 1.29 is 23.9 Å². The molecule has 0 spiro atoms. The van der Waals surface area contributed by atoms with Crippen molar-refractivity contribution in [1.82, 2.24) is 4.98 Å². The number of ether oxygens (including phenoxy) is 1. The van der Waals surface area contributed by atoms with E-state index in [1.54, 1.807) is 32.0 Å². The van der Waals surface area contributed by atoms with E-state index in [2.05, 4.69) is 15.6 Å². The molecule has 0 radical (unpaired) electrons. The maximum atomic E-state index is 13.2. The standard InChI is InChI=1S/C30H23ClN4O5S/c1-17(2)40-29(39)19-11-13-22(14-12-19)35-27(37)24(31)25(28(35)38)32-21-10-6-9-20(15-21)26(36)34-30-33-23(16-41-30)18-7-4-3-5-8-18/h3-17,32H,1-2H3,(H,33,34,36). The van der Waals surface area contributed by atoms with Gasteiger partial charge in [0, 0.05) is 22.2 Å². The highest BCUT2D eigenvalue weighted by atomic mass is 35.5. The third-order valence-electron chi connectivity index (χ3n) is 5.92. The second-order valence-corrected chi connectivity index (χ2v) is 10.4. The van der Waals surface area contributed by atoms with Crippen LogP contribution in [0.15, 0.2) is 95.0 Å². The first-order chi connectivity index (χ1) is 19.7. The van der Waals surface area contributed by atoms with Crippen molar-refractivity contribution in [2.45, 2.75) is 20.0 Å². The summed E-state index contributed by atoms with van der Waals surface area (Å²) in [4.78, 5) is 56.5. The number of carbonyl (C=O) groups excluding carboxylic acids is 4. The molecule has 3 amide bonds. The van der Waals surface area contributed by atoms with Gasteiger partial charge in [-0.3, -0.25) is 19.7 Å². The summed E-state index contributed by atoms with van der Waals surface area (Å²) in [7, 11) is 0. The van der Waals surface area contributed by atoms with Crippen LogP contribution in [0.1, 0.15) is 34.6 Å². The van der Waals surface area contributed by atoms with E-state index in [0.29, 0.717) is 16.4 Å². The van der Waals surface area contributed by atoms with E-state index >= 15 is 0 Å². The first-order valence-corrected chi connectivity index (χ1v) is 13.8. The Morgan fingerprint density at radius 3 is 2.37 bits per heavy atom. The Hall–Kier alpha value is -4.80. The summed E-state index contributed by atoms with van der Waals surface area (Å²) < 4.78 is 5.17. The lowest BCUT2D eigenvalue weighted by molar-refractivity contribution is -0.120. The Morgan fingerprint density at radius 2 is 1.66 bits per heavy atom. The third kappa shape index (κ3) is 6.03.